The molecule has 29 heavy (non-hydrogen) atoms. The van der Waals surface area contributed by atoms with Gasteiger partial charge in [-0.1, -0.05) is 6.07 Å². The monoisotopic (exact) mass is 408 g/mol. The third-order valence-corrected chi connectivity index (χ3v) is 5.53. The number of nitrogens with one attached hydrogen (secondary N) is 1. The number of anilines is 1. The van der Waals surface area contributed by atoms with Crippen molar-refractivity contribution >= 4 is 11.6 Å². The Balaban J connectivity index is 1.37. The van der Waals surface area contributed by atoms with Gasteiger partial charge in [0.2, 0.25) is 0 Å². The Morgan fingerprint density at radius 1 is 1.14 bits per heavy atom. The molecule has 3 heterocycles. The van der Waals surface area contributed by atoms with E-state index in [9.17, 15) is 18.0 Å². The molecule has 2 fully saturated rings. The Morgan fingerprint density at radius 3 is 2.55 bits per heavy atom. The first-order valence-corrected chi connectivity index (χ1v) is 9.79. The number of hydrogen-bond donors (Lipinski definition) is 1. The van der Waals surface area contributed by atoms with Gasteiger partial charge in [-0.3, -0.25) is 4.79 Å². The maximum absolute atomic E-state index is 12.9. The molecule has 0 atom stereocenters. The number of nitrogens with zero attached hydrogens (tertiary/aromatic N) is 3. The van der Waals surface area contributed by atoms with Gasteiger partial charge in [-0.25, -0.2) is 4.98 Å². The van der Waals surface area contributed by atoms with Gasteiger partial charge in [-0.2, -0.15) is 13.2 Å². The van der Waals surface area contributed by atoms with Crippen molar-refractivity contribution in [2.24, 2.45) is 0 Å². The number of rotatable bonds is 3. The Bertz CT molecular complexity index is 853. The van der Waals surface area contributed by atoms with Crippen molar-refractivity contribution in [2.45, 2.75) is 24.9 Å². The lowest BCUT2D eigenvalue weighted by molar-refractivity contribution is -0.137. The highest BCUT2D eigenvalue weighted by molar-refractivity contribution is 5.92. The van der Waals surface area contributed by atoms with Gasteiger partial charge in [0, 0.05) is 37.8 Å². The zero-order valence-corrected chi connectivity index (χ0v) is 15.9. The minimum absolute atomic E-state index is 0.197. The van der Waals surface area contributed by atoms with Crippen LogP contribution in [0.25, 0.3) is 0 Å². The van der Waals surface area contributed by atoms with Crippen LogP contribution in [0.2, 0.25) is 0 Å². The molecule has 6 nitrogen and oxygen atoms in total. The molecule has 0 saturated carbocycles. The van der Waals surface area contributed by atoms with Crippen LogP contribution in [0, 0.1) is 0 Å². The number of aromatic nitrogens is 1. The summed E-state index contributed by atoms with van der Waals surface area (Å²) in [4.78, 5) is 20.7. The minimum atomic E-state index is -4.37. The Morgan fingerprint density at radius 2 is 1.86 bits per heavy atom. The summed E-state index contributed by atoms with van der Waals surface area (Å²) in [5.41, 5.74) is 0.147. The zero-order chi connectivity index (χ0) is 20.4. The van der Waals surface area contributed by atoms with Crippen molar-refractivity contribution < 1.29 is 22.4 Å². The molecular formula is C20H23F3N4O2. The Hall–Kier alpha value is -2.55. The maximum Gasteiger partial charge on any atom is 0.416 e. The summed E-state index contributed by atoms with van der Waals surface area (Å²) in [6, 6.07) is 5.29. The number of piperidine rings is 1. The molecule has 4 rings (SSSR count). The third kappa shape index (κ3) is 4.39. The first-order valence-electron chi connectivity index (χ1n) is 9.79. The predicted octanol–water partition coefficient (Wildman–Crippen LogP) is 3.12. The van der Waals surface area contributed by atoms with Crippen molar-refractivity contribution in [3.63, 3.8) is 0 Å². The number of benzene rings is 1. The Kier molecular flexibility index (Phi) is 5.49. The van der Waals surface area contributed by atoms with Crippen molar-refractivity contribution in [3.05, 3.63) is 47.7 Å². The molecule has 0 bridgehead atoms. The van der Waals surface area contributed by atoms with E-state index in [0.29, 0.717) is 43.5 Å². The first kappa shape index (κ1) is 19.8. The molecule has 1 aromatic carbocycles. The van der Waals surface area contributed by atoms with Gasteiger partial charge in [-0.05, 0) is 44.1 Å². The molecule has 0 radical (unpaired) electrons. The molecule has 2 aromatic rings. The van der Waals surface area contributed by atoms with Crippen molar-refractivity contribution in [3.8, 4) is 0 Å². The number of amides is 1. The number of alkyl halides is 3. The number of oxazole rings is 1. The maximum atomic E-state index is 12.9. The lowest BCUT2D eigenvalue weighted by Crippen LogP contribution is -2.49. The first-order chi connectivity index (χ1) is 13.9. The second kappa shape index (κ2) is 8.06. The molecule has 1 aromatic heterocycles. The fraction of sp³-hybridized carbons (Fsp3) is 0.500. The summed E-state index contributed by atoms with van der Waals surface area (Å²) >= 11 is 0. The lowest BCUT2D eigenvalue weighted by atomic mass is 9.98. The molecule has 9 heteroatoms. The number of carbonyl (C=O) groups excluding carboxylic acids is 1. The second-order valence-electron chi connectivity index (χ2n) is 7.42. The van der Waals surface area contributed by atoms with Gasteiger partial charge in [0.15, 0.2) is 11.6 Å². The lowest BCUT2D eigenvalue weighted by Gasteiger charge is -2.36. The summed E-state index contributed by atoms with van der Waals surface area (Å²) in [6.45, 7) is 3.59. The topological polar surface area (TPSA) is 61.6 Å². The van der Waals surface area contributed by atoms with Crippen LogP contribution in [-0.4, -0.2) is 55.1 Å². The predicted molar refractivity (Wildman–Crippen MR) is 101 cm³/mol. The van der Waals surface area contributed by atoms with Crippen LogP contribution in [0.3, 0.4) is 0 Å². The van der Waals surface area contributed by atoms with Crippen LogP contribution in [0.1, 0.15) is 40.7 Å². The summed E-state index contributed by atoms with van der Waals surface area (Å²) in [6.07, 6.45) is -1.08. The van der Waals surface area contributed by atoms with E-state index in [2.05, 4.69) is 10.3 Å². The normalized spacial score (nSPS) is 18.9. The molecule has 1 amide bonds. The van der Waals surface area contributed by atoms with Crippen LogP contribution in [0.15, 0.2) is 34.9 Å². The van der Waals surface area contributed by atoms with Gasteiger partial charge in [0.1, 0.15) is 6.26 Å². The number of carbonyl (C=O) groups is 1. The van der Waals surface area contributed by atoms with E-state index in [4.69, 9.17) is 4.42 Å². The fourth-order valence-corrected chi connectivity index (χ4v) is 3.85. The molecule has 2 saturated heterocycles. The summed E-state index contributed by atoms with van der Waals surface area (Å²) < 4.78 is 44.4. The molecule has 1 N–H and O–H groups in total. The number of hydrogen-bond acceptors (Lipinski definition) is 5. The van der Waals surface area contributed by atoms with Crippen LogP contribution >= 0.6 is 0 Å². The average molecular weight is 408 g/mol. The molecule has 156 valence electrons. The SMILES string of the molecule is O=C(c1coc(C2CCNCC2)n1)N1CCN(c2cccc(C(F)(F)F)c2)CC1. The van der Waals surface area contributed by atoms with Crippen molar-refractivity contribution in [2.75, 3.05) is 44.2 Å². The summed E-state index contributed by atoms with van der Waals surface area (Å²) in [5.74, 6) is 0.644. The third-order valence-electron chi connectivity index (χ3n) is 5.53. The second-order valence-corrected chi connectivity index (χ2v) is 7.42. The highest BCUT2D eigenvalue weighted by atomic mass is 19.4. The quantitative estimate of drug-likeness (QED) is 0.846. The highest BCUT2D eigenvalue weighted by Gasteiger charge is 2.31. The standard InChI is InChI=1S/C20H23F3N4O2/c21-20(22,23)15-2-1-3-16(12-15)26-8-10-27(11-9-26)19(28)17-13-29-18(25-17)14-4-6-24-7-5-14/h1-3,12-14,24H,4-11H2. The van der Waals surface area contributed by atoms with Crippen LogP contribution in [0.4, 0.5) is 18.9 Å². The van der Waals surface area contributed by atoms with Crippen LogP contribution < -0.4 is 10.2 Å². The van der Waals surface area contributed by atoms with Gasteiger partial charge in [0.05, 0.1) is 5.56 Å². The zero-order valence-electron chi connectivity index (χ0n) is 15.9. The van der Waals surface area contributed by atoms with E-state index in [1.807, 2.05) is 4.90 Å². The summed E-state index contributed by atoms with van der Waals surface area (Å²) in [7, 11) is 0. The summed E-state index contributed by atoms with van der Waals surface area (Å²) in [5, 5.41) is 3.28. The van der Waals surface area contributed by atoms with E-state index in [1.54, 1.807) is 11.0 Å². The van der Waals surface area contributed by atoms with Gasteiger partial charge >= 0.3 is 6.18 Å². The molecule has 0 spiro atoms. The Labute approximate surface area is 166 Å². The molecule has 0 aliphatic carbocycles. The van der Waals surface area contributed by atoms with E-state index in [0.717, 1.165) is 38.1 Å². The fourth-order valence-electron chi connectivity index (χ4n) is 3.85. The molecular weight excluding hydrogens is 385 g/mol. The largest absolute Gasteiger partial charge is 0.448 e. The van der Waals surface area contributed by atoms with E-state index in [-0.39, 0.29) is 11.8 Å². The molecule has 2 aliphatic heterocycles. The van der Waals surface area contributed by atoms with E-state index < -0.39 is 11.7 Å². The van der Waals surface area contributed by atoms with Crippen LogP contribution in [-0.2, 0) is 6.18 Å². The van der Waals surface area contributed by atoms with Gasteiger partial charge < -0.3 is 19.5 Å². The number of piperazine rings is 1. The van der Waals surface area contributed by atoms with Crippen molar-refractivity contribution in [1.29, 1.82) is 0 Å². The molecule has 2 aliphatic rings. The van der Waals surface area contributed by atoms with Gasteiger partial charge in [-0.15, -0.1) is 0 Å². The van der Waals surface area contributed by atoms with Gasteiger partial charge in [0.25, 0.3) is 5.91 Å². The highest BCUT2D eigenvalue weighted by Crippen LogP contribution is 2.32. The van der Waals surface area contributed by atoms with E-state index in [1.165, 1.54) is 12.3 Å². The smallest absolute Gasteiger partial charge is 0.416 e. The van der Waals surface area contributed by atoms with E-state index >= 15 is 0 Å². The van der Waals surface area contributed by atoms with Crippen LogP contribution in [0.5, 0.6) is 0 Å². The average Bonchev–Trinajstić information content (AvgIpc) is 3.24. The van der Waals surface area contributed by atoms with Crippen molar-refractivity contribution in [1.82, 2.24) is 15.2 Å². The number of halogens is 3. The molecule has 0 unspecified atom stereocenters. The minimum Gasteiger partial charge on any atom is -0.448 e.